The molecule has 1 atom stereocenters. The fourth-order valence-corrected chi connectivity index (χ4v) is 1.85. The Kier molecular flexibility index (Phi) is 4.94. The summed E-state index contributed by atoms with van der Waals surface area (Å²) in [7, 11) is 1.57. The van der Waals surface area contributed by atoms with Gasteiger partial charge in [-0.1, -0.05) is 0 Å². The molecule has 0 saturated carbocycles. The predicted molar refractivity (Wildman–Crippen MR) is 57.7 cm³/mol. The van der Waals surface area contributed by atoms with Gasteiger partial charge in [0.15, 0.2) is 0 Å². The molecule has 0 spiro atoms. The van der Waals surface area contributed by atoms with E-state index in [0.29, 0.717) is 12.8 Å². The van der Waals surface area contributed by atoms with Crippen molar-refractivity contribution in [3.05, 3.63) is 0 Å². The molecule has 0 aromatic rings. The fraction of sp³-hybridized carbons (Fsp3) is 0.800. The van der Waals surface area contributed by atoms with Crippen LogP contribution in [0.15, 0.2) is 0 Å². The molecule has 1 fully saturated rings. The van der Waals surface area contributed by atoms with Crippen LogP contribution in [0.2, 0.25) is 0 Å². The number of carbonyl (C=O) groups is 2. The quantitative estimate of drug-likeness (QED) is 0.746. The zero-order chi connectivity index (χ0) is 13.8. The average molecular weight is 267 g/mol. The van der Waals surface area contributed by atoms with Crippen molar-refractivity contribution in [2.45, 2.75) is 25.1 Å². The molecule has 0 aromatic carbocycles. The van der Waals surface area contributed by atoms with Crippen LogP contribution < -0.4 is 10.6 Å². The van der Waals surface area contributed by atoms with Gasteiger partial charge >= 0.3 is 6.18 Å². The van der Waals surface area contributed by atoms with Gasteiger partial charge in [0.25, 0.3) is 0 Å². The number of carbonyl (C=O) groups excluding carboxylic acids is 2. The van der Waals surface area contributed by atoms with Crippen molar-refractivity contribution < 1.29 is 22.8 Å². The highest BCUT2D eigenvalue weighted by atomic mass is 19.4. The first-order chi connectivity index (χ1) is 8.33. The Balaban J connectivity index is 2.56. The number of likely N-dealkylation sites (N-methyl/N-ethyl adjacent to an activating group) is 1. The van der Waals surface area contributed by atoms with E-state index in [1.54, 1.807) is 7.05 Å². The summed E-state index contributed by atoms with van der Waals surface area (Å²) in [6, 6.07) is -0.845. The lowest BCUT2D eigenvalue weighted by Gasteiger charge is -2.33. The molecule has 8 heteroatoms. The standard InChI is InChI=1S/C10H16F3N3O2/c1-14-5-8(17)15-7-3-2-4-16(9(7)18)6-10(11,12)13/h7,14H,2-6H2,1H3,(H,15,17). The van der Waals surface area contributed by atoms with Gasteiger partial charge in [0.05, 0.1) is 6.54 Å². The smallest absolute Gasteiger partial charge is 0.343 e. The highest BCUT2D eigenvalue weighted by Gasteiger charge is 2.37. The number of halogens is 3. The second kappa shape index (κ2) is 6.03. The van der Waals surface area contributed by atoms with E-state index >= 15 is 0 Å². The summed E-state index contributed by atoms with van der Waals surface area (Å²) >= 11 is 0. The number of nitrogens with zero attached hydrogens (tertiary/aromatic N) is 1. The number of amides is 2. The Morgan fingerprint density at radius 1 is 1.50 bits per heavy atom. The summed E-state index contributed by atoms with van der Waals surface area (Å²) in [6.07, 6.45) is -3.58. The molecule has 1 rings (SSSR count). The number of hydrogen-bond donors (Lipinski definition) is 2. The van der Waals surface area contributed by atoms with Gasteiger partial charge in [-0.3, -0.25) is 9.59 Å². The monoisotopic (exact) mass is 267 g/mol. The Hall–Kier alpha value is -1.31. The van der Waals surface area contributed by atoms with E-state index in [9.17, 15) is 22.8 Å². The summed E-state index contributed by atoms with van der Waals surface area (Å²) in [4.78, 5) is 23.8. The van der Waals surface area contributed by atoms with Crippen LogP contribution in [0.25, 0.3) is 0 Å². The third-order valence-corrected chi connectivity index (χ3v) is 2.57. The lowest BCUT2D eigenvalue weighted by Crippen LogP contribution is -2.55. The average Bonchev–Trinajstić information content (AvgIpc) is 2.22. The number of likely N-dealkylation sites (tertiary alicyclic amines) is 1. The van der Waals surface area contributed by atoms with E-state index in [4.69, 9.17) is 0 Å². The minimum absolute atomic E-state index is 0.0308. The first-order valence-electron chi connectivity index (χ1n) is 5.63. The highest BCUT2D eigenvalue weighted by molar-refractivity contribution is 5.88. The molecule has 0 aromatic heterocycles. The Labute approximate surface area is 103 Å². The molecule has 2 amide bonds. The normalized spacial score (nSPS) is 21.0. The summed E-state index contributed by atoms with van der Waals surface area (Å²) in [5, 5.41) is 5.03. The lowest BCUT2D eigenvalue weighted by atomic mass is 10.0. The van der Waals surface area contributed by atoms with Crippen molar-refractivity contribution in [1.29, 1.82) is 0 Å². The molecule has 104 valence electrons. The van der Waals surface area contributed by atoms with Gasteiger partial charge in [0.2, 0.25) is 11.8 Å². The second-order valence-corrected chi connectivity index (χ2v) is 4.17. The molecule has 0 bridgehead atoms. The van der Waals surface area contributed by atoms with Crippen LogP contribution in [0.4, 0.5) is 13.2 Å². The second-order valence-electron chi connectivity index (χ2n) is 4.17. The largest absolute Gasteiger partial charge is 0.406 e. The van der Waals surface area contributed by atoms with E-state index in [2.05, 4.69) is 10.6 Å². The van der Waals surface area contributed by atoms with Crippen molar-refractivity contribution in [3.8, 4) is 0 Å². The van der Waals surface area contributed by atoms with Crippen LogP contribution in [0.5, 0.6) is 0 Å². The van der Waals surface area contributed by atoms with Crippen LogP contribution in [0.1, 0.15) is 12.8 Å². The SMILES string of the molecule is CNCC(=O)NC1CCCN(CC(F)(F)F)C1=O. The molecule has 0 aliphatic carbocycles. The van der Waals surface area contributed by atoms with Crippen molar-refractivity contribution >= 4 is 11.8 Å². The van der Waals surface area contributed by atoms with Gasteiger partial charge in [-0.15, -0.1) is 0 Å². The molecule has 18 heavy (non-hydrogen) atoms. The van der Waals surface area contributed by atoms with Crippen molar-refractivity contribution in [2.24, 2.45) is 0 Å². The molecule has 0 radical (unpaired) electrons. The molecular weight excluding hydrogens is 251 g/mol. The van der Waals surface area contributed by atoms with Crippen molar-refractivity contribution in [2.75, 3.05) is 26.7 Å². The maximum Gasteiger partial charge on any atom is 0.406 e. The van der Waals surface area contributed by atoms with Gasteiger partial charge in [-0.05, 0) is 19.9 Å². The molecule has 1 saturated heterocycles. The highest BCUT2D eigenvalue weighted by Crippen LogP contribution is 2.20. The molecule has 1 unspecified atom stereocenters. The Bertz CT molecular complexity index is 320. The summed E-state index contributed by atoms with van der Waals surface area (Å²) in [5.41, 5.74) is 0. The minimum Gasteiger partial charge on any atom is -0.343 e. The van der Waals surface area contributed by atoms with Crippen LogP contribution in [-0.4, -0.2) is 55.6 Å². The van der Waals surface area contributed by atoms with Gasteiger partial charge in [-0.25, -0.2) is 0 Å². The van der Waals surface area contributed by atoms with E-state index in [-0.39, 0.29) is 13.1 Å². The van der Waals surface area contributed by atoms with Gasteiger partial charge in [-0.2, -0.15) is 13.2 Å². The maximum atomic E-state index is 12.2. The first-order valence-corrected chi connectivity index (χ1v) is 5.63. The topological polar surface area (TPSA) is 61.4 Å². The zero-order valence-electron chi connectivity index (χ0n) is 10.0. The predicted octanol–water partition coefficient (Wildman–Crippen LogP) is -0.125. The number of alkyl halides is 3. The first kappa shape index (κ1) is 14.7. The van der Waals surface area contributed by atoms with Crippen LogP contribution >= 0.6 is 0 Å². The summed E-state index contributed by atoms with van der Waals surface area (Å²) in [6.45, 7) is -1.15. The molecule has 1 heterocycles. The maximum absolute atomic E-state index is 12.2. The van der Waals surface area contributed by atoms with Crippen LogP contribution in [-0.2, 0) is 9.59 Å². The van der Waals surface area contributed by atoms with Crippen LogP contribution in [0.3, 0.4) is 0 Å². The number of rotatable bonds is 4. The molecular formula is C10H16F3N3O2. The zero-order valence-corrected chi connectivity index (χ0v) is 10.0. The number of nitrogens with one attached hydrogen (secondary N) is 2. The third kappa shape index (κ3) is 4.52. The number of hydrogen-bond acceptors (Lipinski definition) is 3. The van der Waals surface area contributed by atoms with E-state index < -0.39 is 30.6 Å². The van der Waals surface area contributed by atoms with E-state index in [1.165, 1.54) is 0 Å². The summed E-state index contributed by atoms with van der Waals surface area (Å²) in [5.74, 6) is -1.06. The molecule has 2 N–H and O–H groups in total. The van der Waals surface area contributed by atoms with Crippen molar-refractivity contribution in [3.63, 3.8) is 0 Å². The fourth-order valence-electron chi connectivity index (χ4n) is 1.85. The summed E-state index contributed by atoms with van der Waals surface area (Å²) < 4.78 is 36.7. The van der Waals surface area contributed by atoms with Crippen LogP contribution in [0, 0.1) is 0 Å². The van der Waals surface area contributed by atoms with Gasteiger partial charge in [0.1, 0.15) is 12.6 Å². The molecule has 5 nitrogen and oxygen atoms in total. The third-order valence-electron chi connectivity index (χ3n) is 2.57. The number of piperidine rings is 1. The van der Waals surface area contributed by atoms with E-state index in [0.717, 1.165) is 4.90 Å². The minimum atomic E-state index is -4.41. The Morgan fingerprint density at radius 2 is 2.17 bits per heavy atom. The van der Waals surface area contributed by atoms with Crippen molar-refractivity contribution in [1.82, 2.24) is 15.5 Å². The lowest BCUT2D eigenvalue weighted by molar-refractivity contribution is -0.165. The Morgan fingerprint density at radius 3 is 2.72 bits per heavy atom. The molecule has 1 aliphatic rings. The molecule has 1 aliphatic heterocycles. The van der Waals surface area contributed by atoms with Gasteiger partial charge in [0, 0.05) is 6.54 Å². The van der Waals surface area contributed by atoms with E-state index in [1.807, 2.05) is 0 Å². The van der Waals surface area contributed by atoms with Gasteiger partial charge < -0.3 is 15.5 Å².